The Labute approximate surface area is 119 Å². The molecular weight excluding hydrogens is 256 g/mol. The summed E-state index contributed by atoms with van der Waals surface area (Å²) in [5.74, 6) is -1.21. The molecule has 0 bridgehead atoms. The first-order chi connectivity index (χ1) is 9.45. The molecule has 5 nitrogen and oxygen atoms in total. The molecule has 0 heterocycles. The normalized spacial score (nSPS) is 12.0. The van der Waals surface area contributed by atoms with Gasteiger partial charge in [0.2, 0.25) is 0 Å². The molecule has 20 heavy (non-hydrogen) atoms. The van der Waals surface area contributed by atoms with Crippen LogP contribution in [-0.4, -0.2) is 23.1 Å². The smallest absolute Gasteiger partial charge is 0.326 e. The number of aliphatic carboxylic acids is 1. The van der Waals surface area contributed by atoms with Crippen molar-refractivity contribution in [3.05, 3.63) is 29.8 Å². The summed E-state index contributed by atoms with van der Waals surface area (Å²) in [6, 6.07) is 6.14. The first-order valence-electron chi connectivity index (χ1n) is 6.84. The van der Waals surface area contributed by atoms with E-state index in [1.165, 1.54) is 0 Å². The third-order valence-electron chi connectivity index (χ3n) is 3.00. The second kappa shape index (κ2) is 7.53. The summed E-state index contributed by atoms with van der Waals surface area (Å²) in [6.07, 6.45) is 1.84. The second-order valence-electron chi connectivity index (χ2n) is 5.07. The number of carbonyl (C=O) groups excluding carboxylic acids is 1. The monoisotopic (exact) mass is 278 g/mol. The lowest BCUT2D eigenvalue weighted by atomic mass is 10.1. The number of urea groups is 1. The van der Waals surface area contributed by atoms with E-state index in [1.807, 2.05) is 24.3 Å². The molecule has 1 aromatic carbocycles. The van der Waals surface area contributed by atoms with Crippen molar-refractivity contribution < 1.29 is 14.7 Å². The molecule has 0 fully saturated rings. The molecule has 0 unspecified atom stereocenters. The fraction of sp³-hybridized carbons (Fsp3) is 0.467. The van der Waals surface area contributed by atoms with Gasteiger partial charge in [-0.3, -0.25) is 0 Å². The molecule has 0 aliphatic carbocycles. The van der Waals surface area contributed by atoms with Gasteiger partial charge in [0.15, 0.2) is 0 Å². The van der Waals surface area contributed by atoms with Crippen molar-refractivity contribution in [2.45, 2.75) is 39.7 Å². The van der Waals surface area contributed by atoms with E-state index in [2.05, 4.69) is 17.6 Å². The van der Waals surface area contributed by atoms with Crippen LogP contribution in [0.3, 0.4) is 0 Å². The van der Waals surface area contributed by atoms with Crippen LogP contribution in [0.5, 0.6) is 0 Å². The van der Waals surface area contributed by atoms with Gasteiger partial charge in [0.1, 0.15) is 6.04 Å². The Bertz CT molecular complexity index is 472. The zero-order valence-corrected chi connectivity index (χ0v) is 12.1. The number of benzene rings is 1. The molecule has 0 aliphatic heterocycles. The van der Waals surface area contributed by atoms with Gasteiger partial charge in [-0.15, -0.1) is 0 Å². The Hall–Kier alpha value is -2.04. The Morgan fingerprint density at radius 2 is 1.90 bits per heavy atom. The van der Waals surface area contributed by atoms with Crippen LogP contribution in [-0.2, 0) is 11.2 Å². The number of carboxylic acid groups (broad SMARTS) is 1. The highest BCUT2D eigenvalue weighted by atomic mass is 16.4. The number of para-hydroxylation sites is 1. The molecule has 110 valence electrons. The van der Waals surface area contributed by atoms with Gasteiger partial charge in [-0.05, 0) is 24.0 Å². The molecule has 0 saturated heterocycles. The molecule has 0 radical (unpaired) electrons. The van der Waals surface area contributed by atoms with E-state index in [0.717, 1.165) is 24.1 Å². The van der Waals surface area contributed by atoms with Gasteiger partial charge in [-0.1, -0.05) is 45.4 Å². The molecular formula is C15H22N2O3. The predicted molar refractivity (Wildman–Crippen MR) is 78.9 cm³/mol. The number of carboxylic acids is 1. The number of rotatable bonds is 6. The fourth-order valence-electron chi connectivity index (χ4n) is 1.94. The van der Waals surface area contributed by atoms with Gasteiger partial charge in [0, 0.05) is 5.69 Å². The number of hydrogen-bond acceptors (Lipinski definition) is 2. The van der Waals surface area contributed by atoms with Crippen molar-refractivity contribution in [3.8, 4) is 0 Å². The summed E-state index contributed by atoms with van der Waals surface area (Å²) in [5.41, 5.74) is 1.77. The Kier molecular flexibility index (Phi) is 6.03. The van der Waals surface area contributed by atoms with E-state index >= 15 is 0 Å². The summed E-state index contributed by atoms with van der Waals surface area (Å²) in [4.78, 5) is 23.0. The predicted octanol–water partition coefficient (Wildman–Crippen LogP) is 2.87. The Morgan fingerprint density at radius 1 is 1.25 bits per heavy atom. The van der Waals surface area contributed by atoms with Crippen LogP contribution >= 0.6 is 0 Å². The van der Waals surface area contributed by atoms with Crippen molar-refractivity contribution in [3.63, 3.8) is 0 Å². The Balaban J connectivity index is 2.73. The number of carbonyl (C=O) groups is 2. The van der Waals surface area contributed by atoms with Gasteiger partial charge in [0.25, 0.3) is 0 Å². The minimum Gasteiger partial charge on any atom is -0.480 e. The average molecular weight is 278 g/mol. The molecule has 1 aromatic rings. The number of anilines is 1. The molecule has 2 amide bonds. The summed E-state index contributed by atoms with van der Waals surface area (Å²) < 4.78 is 0. The van der Waals surface area contributed by atoms with Gasteiger partial charge in [0.05, 0.1) is 0 Å². The molecule has 0 aromatic heterocycles. The van der Waals surface area contributed by atoms with E-state index in [0.29, 0.717) is 0 Å². The number of nitrogens with one attached hydrogen (secondary N) is 2. The van der Waals surface area contributed by atoms with Crippen molar-refractivity contribution in [1.82, 2.24) is 5.32 Å². The van der Waals surface area contributed by atoms with E-state index in [9.17, 15) is 9.59 Å². The maximum absolute atomic E-state index is 11.9. The van der Waals surface area contributed by atoms with E-state index in [4.69, 9.17) is 5.11 Å². The van der Waals surface area contributed by atoms with Crippen LogP contribution in [0.1, 0.15) is 32.8 Å². The van der Waals surface area contributed by atoms with Crippen molar-refractivity contribution >= 4 is 17.7 Å². The number of amides is 2. The van der Waals surface area contributed by atoms with Crippen LogP contribution in [0.4, 0.5) is 10.5 Å². The molecule has 1 rings (SSSR count). The van der Waals surface area contributed by atoms with Crippen LogP contribution in [0.2, 0.25) is 0 Å². The first kappa shape index (κ1) is 16.0. The second-order valence-corrected chi connectivity index (χ2v) is 5.07. The zero-order valence-electron chi connectivity index (χ0n) is 12.1. The maximum Gasteiger partial charge on any atom is 0.326 e. The molecule has 1 atom stereocenters. The Morgan fingerprint density at radius 3 is 2.45 bits per heavy atom. The third-order valence-corrected chi connectivity index (χ3v) is 3.00. The SMILES string of the molecule is CCCc1ccccc1NC(=O)N[C@H](C(=O)O)C(C)C. The van der Waals surface area contributed by atoms with Crippen molar-refractivity contribution in [1.29, 1.82) is 0 Å². The quantitative estimate of drug-likeness (QED) is 0.748. The summed E-state index contributed by atoms with van der Waals surface area (Å²) >= 11 is 0. The van der Waals surface area contributed by atoms with Crippen LogP contribution in [0.25, 0.3) is 0 Å². The first-order valence-corrected chi connectivity index (χ1v) is 6.84. The van der Waals surface area contributed by atoms with E-state index in [1.54, 1.807) is 13.8 Å². The van der Waals surface area contributed by atoms with Crippen LogP contribution in [0.15, 0.2) is 24.3 Å². The lowest BCUT2D eigenvalue weighted by molar-refractivity contribution is -0.140. The van der Waals surface area contributed by atoms with Crippen molar-refractivity contribution in [2.24, 2.45) is 5.92 Å². The highest BCUT2D eigenvalue weighted by Crippen LogP contribution is 2.16. The summed E-state index contributed by atoms with van der Waals surface area (Å²) in [5, 5.41) is 14.3. The van der Waals surface area contributed by atoms with Gasteiger partial charge < -0.3 is 15.7 Å². The third kappa shape index (κ3) is 4.57. The van der Waals surface area contributed by atoms with E-state index in [-0.39, 0.29) is 5.92 Å². The minimum atomic E-state index is -1.03. The lowest BCUT2D eigenvalue weighted by Gasteiger charge is -2.19. The number of aryl methyl sites for hydroxylation is 1. The fourth-order valence-corrected chi connectivity index (χ4v) is 1.94. The average Bonchev–Trinajstić information content (AvgIpc) is 2.38. The molecule has 3 N–H and O–H groups in total. The van der Waals surface area contributed by atoms with Crippen LogP contribution in [0, 0.1) is 5.92 Å². The molecule has 0 spiro atoms. The zero-order chi connectivity index (χ0) is 15.1. The van der Waals surface area contributed by atoms with Gasteiger partial charge in [-0.25, -0.2) is 9.59 Å². The number of hydrogen-bond donors (Lipinski definition) is 3. The lowest BCUT2D eigenvalue weighted by Crippen LogP contribution is -2.46. The topological polar surface area (TPSA) is 78.4 Å². The maximum atomic E-state index is 11.9. The molecule has 0 aliphatic rings. The molecule has 5 heteroatoms. The van der Waals surface area contributed by atoms with Crippen molar-refractivity contribution in [2.75, 3.05) is 5.32 Å². The van der Waals surface area contributed by atoms with E-state index < -0.39 is 18.0 Å². The summed E-state index contributed by atoms with van der Waals surface area (Å²) in [6.45, 7) is 5.57. The largest absolute Gasteiger partial charge is 0.480 e. The standard InChI is InChI=1S/C15H22N2O3/c1-4-7-11-8-5-6-9-12(11)16-15(20)17-13(10(2)3)14(18)19/h5-6,8-10,13H,4,7H2,1-3H3,(H,18,19)(H2,16,17,20)/t13-/m0/s1. The highest BCUT2D eigenvalue weighted by molar-refractivity contribution is 5.92. The van der Waals surface area contributed by atoms with Gasteiger partial charge in [-0.2, -0.15) is 0 Å². The summed E-state index contributed by atoms with van der Waals surface area (Å²) in [7, 11) is 0. The molecule has 0 saturated carbocycles. The van der Waals surface area contributed by atoms with Gasteiger partial charge >= 0.3 is 12.0 Å². The van der Waals surface area contributed by atoms with Crippen LogP contribution < -0.4 is 10.6 Å². The highest BCUT2D eigenvalue weighted by Gasteiger charge is 2.23. The minimum absolute atomic E-state index is 0.177.